The van der Waals surface area contributed by atoms with Crippen LogP contribution in [0.1, 0.15) is 36.6 Å². The van der Waals surface area contributed by atoms with Gasteiger partial charge < -0.3 is 10.1 Å². The summed E-state index contributed by atoms with van der Waals surface area (Å²) in [7, 11) is 0. The van der Waals surface area contributed by atoms with Gasteiger partial charge >= 0.3 is 0 Å². The molecule has 30 heavy (non-hydrogen) atoms. The molecular formula is C25H24N4O. The summed E-state index contributed by atoms with van der Waals surface area (Å²) in [5.41, 5.74) is 4.90. The lowest BCUT2D eigenvalue weighted by Gasteiger charge is -2.32. The van der Waals surface area contributed by atoms with Crippen LogP contribution in [0.4, 0.5) is 5.95 Å². The van der Waals surface area contributed by atoms with Crippen LogP contribution in [0.5, 0.6) is 5.75 Å². The van der Waals surface area contributed by atoms with E-state index >= 15 is 0 Å². The third-order valence-electron chi connectivity index (χ3n) is 5.63. The highest BCUT2D eigenvalue weighted by Gasteiger charge is 2.29. The van der Waals surface area contributed by atoms with Gasteiger partial charge in [-0.25, -0.2) is 4.68 Å². The highest BCUT2D eigenvalue weighted by Crippen LogP contribution is 2.38. The van der Waals surface area contributed by atoms with Gasteiger partial charge in [0.1, 0.15) is 12.1 Å². The van der Waals surface area contributed by atoms with Crippen LogP contribution < -0.4 is 10.1 Å². The molecular weight excluding hydrogens is 372 g/mol. The molecule has 3 aromatic carbocycles. The van der Waals surface area contributed by atoms with Gasteiger partial charge in [-0.05, 0) is 47.7 Å². The van der Waals surface area contributed by atoms with Gasteiger partial charge in [-0.1, -0.05) is 66.7 Å². The van der Waals surface area contributed by atoms with Crippen molar-refractivity contribution in [3.05, 3.63) is 96.3 Å². The van der Waals surface area contributed by atoms with Crippen LogP contribution >= 0.6 is 0 Å². The lowest BCUT2D eigenvalue weighted by atomic mass is 9.92. The van der Waals surface area contributed by atoms with Crippen molar-refractivity contribution >= 4 is 5.95 Å². The van der Waals surface area contributed by atoms with Gasteiger partial charge in [0.05, 0.1) is 18.7 Å². The maximum absolute atomic E-state index is 5.58. The quantitative estimate of drug-likeness (QED) is 0.485. The largest absolute Gasteiger partial charge is 0.494 e. The van der Waals surface area contributed by atoms with E-state index < -0.39 is 0 Å². The zero-order chi connectivity index (χ0) is 20.3. The van der Waals surface area contributed by atoms with Crippen LogP contribution in [-0.4, -0.2) is 21.4 Å². The van der Waals surface area contributed by atoms with Crippen molar-refractivity contribution in [3.63, 3.8) is 0 Å². The van der Waals surface area contributed by atoms with Gasteiger partial charge in [0.15, 0.2) is 0 Å². The molecule has 2 heterocycles. The number of rotatable bonds is 5. The van der Waals surface area contributed by atoms with Gasteiger partial charge in [-0.15, -0.1) is 0 Å². The second kappa shape index (κ2) is 8.03. The lowest BCUT2D eigenvalue weighted by Crippen LogP contribution is -2.28. The second-order valence-corrected chi connectivity index (χ2v) is 7.47. The van der Waals surface area contributed by atoms with Crippen molar-refractivity contribution in [3.8, 4) is 16.9 Å². The Morgan fingerprint density at radius 1 is 0.900 bits per heavy atom. The van der Waals surface area contributed by atoms with Gasteiger partial charge in [0.25, 0.3) is 0 Å². The van der Waals surface area contributed by atoms with Crippen LogP contribution in [0.2, 0.25) is 0 Å². The number of benzene rings is 3. The van der Waals surface area contributed by atoms with Crippen molar-refractivity contribution in [1.29, 1.82) is 0 Å². The summed E-state index contributed by atoms with van der Waals surface area (Å²) in [6, 6.07) is 27.9. The fourth-order valence-electron chi connectivity index (χ4n) is 4.11. The van der Waals surface area contributed by atoms with Gasteiger partial charge in [0, 0.05) is 0 Å². The van der Waals surface area contributed by atoms with Crippen LogP contribution in [0.3, 0.4) is 0 Å². The minimum atomic E-state index is 0.130. The van der Waals surface area contributed by atoms with E-state index in [1.807, 2.05) is 29.8 Å². The molecule has 5 rings (SSSR count). The summed E-state index contributed by atoms with van der Waals surface area (Å²) >= 11 is 0. The minimum Gasteiger partial charge on any atom is -0.494 e. The van der Waals surface area contributed by atoms with E-state index in [4.69, 9.17) is 4.74 Å². The number of aromatic nitrogens is 3. The lowest BCUT2D eigenvalue weighted by molar-refractivity contribution is 0.340. The molecule has 1 aliphatic rings. The van der Waals surface area contributed by atoms with Crippen LogP contribution in [0.25, 0.3) is 11.1 Å². The van der Waals surface area contributed by atoms with Crippen molar-refractivity contribution in [2.75, 3.05) is 11.9 Å². The number of hydrogen-bond acceptors (Lipinski definition) is 4. The Balaban J connectivity index is 1.43. The highest BCUT2D eigenvalue weighted by atomic mass is 16.5. The Morgan fingerprint density at radius 3 is 2.33 bits per heavy atom. The first-order chi connectivity index (χ1) is 14.8. The molecule has 0 saturated carbocycles. The second-order valence-electron chi connectivity index (χ2n) is 7.47. The van der Waals surface area contributed by atoms with Crippen LogP contribution in [-0.2, 0) is 0 Å². The monoisotopic (exact) mass is 396 g/mol. The molecule has 5 heteroatoms. The third-order valence-corrected chi connectivity index (χ3v) is 5.63. The van der Waals surface area contributed by atoms with Crippen molar-refractivity contribution in [1.82, 2.24) is 14.8 Å². The first-order valence-electron chi connectivity index (χ1n) is 10.4. The molecule has 1 aliphatic heterocycles. The fourth-order valence-corrected chi connectivity index (χ4v) is 4.11. The Bertz CT molecular complexity index is 1100. The first kappa shape index (κ1) is 18.4. The number of ether oxygens (including phenoxy) is 1. The standard InChI is InChI=1S/C25H24N4O/c1-2-30-22-14-12-20(13-15-22)23-16-24(29-25(28-23)26-17-27-29)21-10-8-19(9-11-21)18-6-4-3-5-7-18/h3-15,17,23-24H,2,16H2,1H3,(H,26,27,28)/t23-,24-/m0/s1. The van der Waals surface area contributed by atoms with Crippen LogP contribution in [0.15, 0.2) is 85.2 Å². The van der Waals surface area contributed by atoms with Crippen LogP contribution in [0, 0.1) is 0 Å². The smallest absolute Gasteiger partial charge is 0.222 e. The molecule has 1 N–H and O–H groups in total. The Hall–Kier alpha value is -3.60. The van der Waals surface area contributed by atoms with Crippen molar-refractivity contribution < 1.29 is 4.74 Å². The summed E-state index contributed by atoms with van der Waals surface area (Å²) < 4.78 is 7.57. The number of fused-ring (bicyclic) bond motifs is 1. The summed E-state index contributed by atoms with van der Waals surface area (Å²) in [6.45, 7) is 2.67. The topological polar surface area (TPSA) is 52.0 Å². The molecule has 4 aromatic rings. The summed E-state index contributed by atoms with van der Waals surface area (Å²) in [5, 5.41) is 8.02. The van der Waals surface area contributed by atoms with E-state index in [0.717, 1.165) is 18.1 Å². The average molecular weight is 396 g/mol. The maximum Gasteiger partial charge on any atom is 0.222 e. The maximum atomic E-state index is 5.58. The van der Waals surface area contributed by atoms with E-state index in [-0.39, 0.29) is 12.1 Å². The molecule has 0 radical (unpaired) electrons. The minimum absolute atomic E-state index is 0.130. The molecule has 2 atom stereocenters. The molecule has 0 saturated heterocycles. The van der Waals surface area contributed by atoms with E-state index in [0.29, 0.717) is 6.61 Å². The predicted molar refractivity (Wildman–Crippen MR) is 119 cm³/mol. The number of anilines is 1. The average Bonchev–Trinajstić information content (AvgIpc) is 3.29. The zero-order valence-corrected chi connectivity index (χ0v) is 16.9. The van der Waals surface area contributed by atoms with Crippen molar-refractivity contribution in [2.45, 2.75) is 25.4 Å². The Labute approximate surface area is 176 Å². The summed E-state index contributed by atoms with van der Waals surface area (Å²) in [6.07, 6.45) is 2.52. The van der Waals surface area contributed by atoms with E-state index in [1.54, 1.807) is 6.33 Å². The number of nitrogens with zero attached hydrogens (tertiary/aromatic N) is 3. The SMILES string of the molecule is CCOc1ccc([C@@H]2C[C@@H](c3ccc(-c4ccccc4)cc3)n3ncnc3N2)cc1. The third kappa shape index (κ3) is 3.54. The molecule has 0 unspecified atom stereocenters. The van der Waals surface area contributed by atoms with Gasteiger partial charge in [0.2, 0.25) is 5.95 Å². The molecule has 1 aromatic heterocycles. The van der Waals surface area contributed by atoms with E-state index in [2.05, 4.69) is 76.1 Å². The zero-order valence-electron chi connectivity index (χ0n) is 16.9. The van der Waals surface area contributed by atoms with Gasteiger partial charge in [-0.3, -0.25) is 0 Å². The van der Waals surface area contributed by atoms with E-state index in [9.17, 15) is 0 Å². The predicted octanol–water partition coefficient (Wildman–Crippen LogP) is 5.49. The molecule has 5 nitrogen and oxygen atoms in total. The molecule has 0 aliphatic carbocycles. The molecule has 0 fully saturated rings. The number of hydrogen-bond donors (Lipinski definition) is 1. The first-order valence-corrected chi connectivity index (χ1v) is 10.4. The summed E-state index contributed by atoms with van der Waals surface area (Å²) in [4.78, 5) is 4.44. The summed E-state index contributed by atoms with van der Waals surface area (Å²) in [5.74, 6) is 1.70. The number of nitrogens with one attached hydrogen (secondary N) is 1. The van der Waals surface area contributed by atoms with Gasteiger partial charge in [-0.2, -0.15) is 10.1 Å². The van der Waals surface area contributed by atoms with Crippen molar-refractivity contribution in [2.24, 2.45) is 0 Å². The highest BCUT2D eigenvalue weighted by molar-refractivity contribution is 5.63. The normalized spacial score (nSPS) is 17.8. The molecule has 0 amide bonds. The van der Waals surface area contributed by atoms with E-state index in [1.165, 1.54) is 22.3 Å². The molecule has 150 valence electrons. The Morgan fingerprint density at radius 2 is 1.60 bits per heavy atom. The molecule has 0 bridgehead atoms. The Kier molecular flexibility index (Phi) is 4.93. The fraction of sp³-hybridized carbons (Fsp3) is 0.200. The molecule has 0 spiro atoms.